The highest BCUT2D eigenvalue weighted by atomic mass is 19.3. The third-order valence-corrected chi connectivity index (χ3v) is 3.10. The van der Waals surface area contributed by atoms with Crippen molar-refractivity contribution in [1.82, 2.24) is 5.32 Å². The van der Waals surface area contributed by atoms with Crippen molar-refractivity contribution in [2.75, 3.05) is 0 Å². The summed E-state index contributed by atoms with van der Waals surface area (Å²) in [6, 6.07) is 0. The molecule has 0 fully saturated rings. The molecule has 0 aromatic heterocycles. The summed E-state index contributed by atoms with van der Waals surface area (Å²) in [5.41, 5.74) is -3.24. The fourth-order valence-corrected chi connectivity index (χ4v) is 0.890. The van der Waals surface area contributed by atoms with Gasteiger partial charge >= 0.3 is 18.3 Å². The van der Waals surface area contributed by atoms with E-state index in [0.29, 0.717) is 0 Å². The number of halogens is 4. The topological polar surface area (TPSA) is 66.4 Å². The first-order valence-corrected chi connectivity index (χ1v) is 4.98. The zero-order chi connectivity index (χ0) is 14.9. The molecule has 106 valence electrons. The van der Waals surface area contributed by atoms with Gasteiger partial charge in [0.05, 0.1) is 11.0 Å². The van der Waals surface area contributed by atoms with Crippen LogP contribution >= 0.6 is 0 Å². The van der Waals surface area contributed by atoms with E-state index in [1.54, 1.807) is 5.32 Å². The number of hydrogen-bond acceptors (Lipinski definition) is 2. The quantitative estimate of drug-likeness (QED) is 0.752. The molecular weight excluding hydrogens is 258 g/mol. The third-order valence-electron chi connectivity index (χ3n) is 3.10. The Hall–Kier alpha value is -1.34. The predicted molar refractivity (Wildman–Crippen MR) is 54.6 cm³/mol. The lowest BCUT2D eigenvalue weighted by atomic mass is 9.74. The van der Waals surface area contributed by atoms with Crippen molar-refractivity contribution in [3.05, 3.63) is 0 Å². The molecule has 0 atom stereocenters. The highest BCUT2D eigenvalue weighted by Crippen LogP contribution is 2.32. The molecule has 1 amide bonds. The number of alkyl halides is 4. The van der Waals surface area contributed by atoms with Gasteiger partial charge in [0.1, 0.15) is 0 Å². The van der Waals surface area contributed by atoms with E-state index >= 15 is 0 Å². The van der Waals surface area contributed by atoms with Crippen molar-refractivity contribution in [2.24, 2.45) is 5.41 Å². The van der Waals surface area contributed by atoms with Gasteiger partial charge in [-0.1, -0.05) is 0 Å². The maximum Gasteiger partial charge on any atom is 0.383 e. The van der Waals surface area contributed by atoms with Crippen molar-refractivity contribution < 1.29 is 32.3 Å². The van der Waals surface area contributed by atoms with E-state index in [2.05, 4.69) is 0 Å². The van der Waals surface area contributed by atoms with Crippen molar-refractivity contribution in [1.29, 1.82) is 0 Å². The van der Waals surface area contributed by atoms with E-state index in [-0.39, 0.29) is 0 Å². The second-order valence-corrected chi connectivity index (χ2v) is 4.93. The molecule has 8 heteroatoms. The van der Waals surface area contributed by atoms with Crippen LogP contribution in [0.3, 0.4) is 0 Å². The molecule has 0 aliphatic carbocycles. The predicted octanol–water partition coefficient (Wildman–Crippen LogP) is 1.89. The molecule has 0 unspecified atom stereocenters. The van der Waals surface area contributed by atoms with Gasteiger partial charge in [0.15, 0.2) is 0 Å². The molecule has 0 aliphatic heterocycles. The number of carboxylic acids is 1. The third kappa shape index (κ3) is 2.91. The van der Waals surface area contributed by atoms with Gasteiger partial charge < -0.3 is 10.4 Å². The zero-order valence-electron chi connectivity index (χ0n) is 10.4. The van der Waals surface area contributed by atoms with Gasteiger partial charge in [0, 0.05) is 0 Å². The van der Waals surface area contributed by atoms with Gasteiger partial charge in [-0.05, 0) is 27.7 Å². The Morgan fingerprint density at radius 1 is 1.11 bits per heavy atom. The maximum atomic E-state index is 12.8. The number of hydrogen-bond donors (Lipinski definition) is 2. The van der Waals surface area contributed by atoms with Gasteiger partial charge in [0.25, 0.3) is 5.91 Å². The summed E-state index contributed by atoms with van der Waals surface area (Å²) in [7, 11) is 0. The smallest absolute Gasteiger partial charge is 0.383 e. The summed E-state index contributed by atoms with van der Waals surface area (Å²) in [5, 5.41) is 10.6. The highest BCUT2D eigenvalue weighted by Gasteiger charge is 2.53. The minimum absolute atomic E-state index is 1.17. The second-order valence-electron chi connectivity index (χ2n) is 4.93. The molecule has 0 saturated carbocycles. The number of rotatable bonds is 5. The minimum atomic E-state index is -4.86. The lowest BCUT2D eigenvalue weighted by Gasteiger charge is -2.39. The molecule has 0 radical (unpaired) electrons. The monoisotopic (exact) mass is 273 g/mol. The Morgan fingerprint density at radius 2 is 1.50 bits per heavy atom. The summed E-state index contributed by atoms with van der Waals surface area (Å²) in [5.74, 6) is -8.41. The molecule has 0 heterocycles. The van der Waals surface area contributed by atoms with E-state index in [4.69, 9.17) is 5.11 Å². The second kappa shape index (κ2) is 4.74. The van der Waals surface area contributed by atoms with E-state index < -0.39 is 35.2 Å². The van der Waals surface area contributed by atoms with Crippen LogP contribution in [0.4, 0.5) is 17.6 Å². The average Bonchev–Trinajstić information content (AvgIpc) is 2.15. The van der Waals surface area contributed by atoms with Crippen molar-refractivity contribution in [3.8, 4) is 0 Å². The summed E-state index contributed by atoms with van der Waals surface area (Å²) < 4.78 is 49.4. The number of carbonyl (C=O) groups excluding carboxylic acids is 1. The summed E-state index contributed by atoms with van der Waals surface area (Å²) in [6.45, 7) is 4.72. The van der Waals surface area contributed by atoms with Gasteiger partial charge in [-0.2, -0.15) is 8.78 Å². The first kappa shape index (κ1) is 16.7. The van der Waals surface area contributed by atoms with E-state index in [1.807, 2.05) is 0 Å². The van der Waals surface area contributed by atoms with Crippen LogP contribution < -0.4 is 5.32 Å². The number of aliphatic carboxylic acids is 1. The molecule has 0 rings (SSSR count). The van der Waals surface area contributed by atoms with E-state index in [9.17, 15) is 27.2 Å². The van der Waals surface area contributed by atoms with Crippen LogP contribution in [-0.4, -0.2) is 34.9 Å². The van der Waals surface area contributed by atoms with Gasteiger partial charge in [-0.3, -0.25) is 9.59 Å². The fraction of sp³-hybridized carbons (Fsp3) is 0.800. The number of carboxylic acid groups (broad SMARTS) is 1. The zero-order valence-corrected chi connectivity index (χ0v) is 10.4. The van der Waals surface area contributed by atoms with Crippen LogP contribution in [0, 0.1) is 5.41 Å². The lowest BCUT2D eigenvalue weighted by molar-refractivity contribution is -0.173. The number of nitrogens with one attached hydrogen (secondary N) is 1. The summed E-state index contributed by atoms with van der Waals surface area (Å²) >= 11 is 0. The first-order valence-electron chi connectivity index (χ1n) is 4.98. The molecule has 0 saturated heterocycles. The van der Waals surface area contributed by atoms with E-state index in [0.717, 1.165) is 0 Å². The van der Waals surface area contributed by atoms with Crippen LogP contribution in [0.2, 0.25) is 0 Å². The Labute approximate surface area is 101 Å². The van der Waals surface area contributed by atoms with Gasteiger partial charge in [-0.15, -0.1) is 0 Å². The van der Waals surface area contributed by atoms with Crippen LogP contribution in [0.1, 0.15) is 27.7 Å². The molecule has 4 nitrogen and oxygen atoms in total. The van der Waals surface area contributed by atoms with Crippen LogP contribution in [-0.2, 0) is 9.59 Å². The molecule has 18 heavy (non-hydrogen) atoms. The van der Waals surface area contributed by atoms with Crippen molar-refractivity contribution in [3.63, 3.8) is 0 Å². The standard InChI is InChI=1S/C10H15F4NO3/c1-8(2,7(17)18)9(3,4)15-6(16)10(13,14)5(11)12/h5H,1-4H3,(H,15,16)(H,17,18). The minimum Gasteiger partial charge on any atom is -0.481 e. The lowest BCUT2D eigenvalue weighted by Crippen LogP contribution is -2.61. The Morgan fingerprint density at radius 3 is 1.78 bits per heavy atom. The molecule has 0 aromatic rings. The average molecular weight is 273 g/mol. The molecule has 0 aliphatic rings. The fourth-order valence-electron chi connectivity index (χ4n) is 0.890. The summed E-state index contributed by atoms with van der Waals surface area (Å²) in [4.78, 5) is 22.0. The maximum absolute atomic E-state index is 12.8. The largest absolute Gasteiger partial charge is 0.481 e. The van der Waals surface area contributed by atoms with Crippen LogP contribution in [0.5, 0.6) is 0 Å². The van der Waals surface area contributed by atoms with Crippen molar-refractivity contribution in [2.45, 2.75) is 45.6 Å². The Balaban J connectivity index is 5.12. The molecule has 2 N–H and O–H groups in total. The summed E-state index contributed by atoms with van der Waals surface area (Å²) in [6.07, 6.45) is -4.15. The first-order chi connectivity index (χ1) is 7.76. The van der Waals surface area contributed by atoms with Gasteiger partial charge in [0.2, 0.25) is 0 Å². The van der Waals surface area contributed by atoms with Crippen LogP contribution in [0.25, 0.3) is 0 Å². The molecular formula is C10H15F4NO3. The molecule has 0 spiro atoms. The normalized spacial score (nSPS) is 13.6. The molecule has 0 bridgehead atoms. The highest BCUT2D eigenvalue weighted by molar-refractivity contribution is 5.86. The Kier molecular flexibility index (Phi) is 4.38. The van der Waals surface area contributed by atoms with Crippen LogP contribution in [0.15, 0.2) is 0 Å². The van der Waals surface area contributed by atoms with E-state index in [1.165, 1.54) is 27.7 Å². The SMILES string of the molecule is CC(C)(NC(=O)C(F)(F)C(F)F)C(C)(C)C(=O)O. The number of carbonyl (C=O) groups is 2. The number of amides is 1. The molecule has 0 aromatic carbocycles. The van der Waals surface area contributed by atoms with Gasteiger partial charge in [-0.25, -0.2) is 8.78 Å². The Bertz CT molecular complexity index is 353. The van der Waals surface area contributed by atoms with Crippen molar-refractivity contribution >= 4 is 11.9 Å².